The lowest BCUT2D eigenvalue weighted by Crippen LogP contribution is -2.51. The van der Waals surface area contributed by atoms with Crippen molar-refractivity contribution in [2.24, 2.45) is 5.92 Å². The van der Waals surface area contributed by atoms with Gasteiger partial charge in [0, 0.05) is 29.9 Å². The normalized spacial score (nSPS) is 16.6. The lowest BCUT2D eigenvalue weighted by atomic mass is 9.93. The zero-order valence-electron chi connectivity index (χ0n) is 20.3. The van der Waals surface area contributed by atoms with E-state index in [1.54, 1.807) is 0 Å². The van der Waals surface area contributed by atoms with Crippen LogP contribution in [-0.4, -0.2) is 39.6 Å². The van der Waals surface area contributed by atoms with Crippen LogP contribution in [0.3, 0.4) is 0 Å². The van der Waals surface area contributed by atoms with Gasteiger partial charge >= 0.3 is 0 Å². The van der Waals surface area contributed by atoms with Crippen LogP contribution in [0.5, 0.6) is 0 Å². The van der Waals surface area contributed by atoms with E-state index in [0.29, 0.717) is 18.3 Å². The number of amides is 1. The molecule has 1 atom stereocenters. The summed E-state index contributed by atoms with van der Waals surface area (Å²) in [6.45, 7) is 12.3. The Hall–Kier alpha value is -3.15. The third kappa shape index (κ3) is 5.44. The van der Waals surface area contributed by atoms with Crippen molar-refractivity contribution in [2.75, 3.05) is 18.0 Å². The number of anilines is 1. The third-order valence-corrected chi connectivity index (χ3v) is 6.32. The number of hydrogen-bond donors (Lipinski definition) is 0. The Morgan fingerprint density at radius 2 is 1.70 bits per heavy atom. The molecule has 1 aliphatic heterocycles. The summed E-state index contributed by atoms with van der Waals surface area (Å²) in [5, 5.41) is 4.15. The number of carbonyl (C=O) groups is 1. The summed E-state index contributed by atoms with van der Waals surface area (Å²) in [5.41, 5.74) is 4.15. The van der Waals surface area contributed by atoms with Crippen LogP contribution < -0.4 is 4.90 Å². The summed E-state index contributed by atoms with van der Waals surface area (Å²) in [5.74, 6) is 1.10. The van der Waals surface area contributed by atoms with Crippen LogP contribution in [-0.2, 0) is 11.3 Å². The van der Waals surface area contributed by atoms with Gasteiger partial charge in [-0.3, -0.25) is 4.79 Å². The zero-order chi connectivity index (χ0) is 23.6. The first-order valence-corrected chi connectivity index (χ1v) is 11.7. The first-order chi connectivity index (χ1) is 15.7. The Kier molecular flexibility index (Phi) is 6.54. The molecule has 0 N–H and O–H groups in total. The fourth-order valence-corrected chi connectivity index (χ4v) is 4.31. The minimum absolute atomic E-state index is 0.0567. The highest BCUT2D eigenvalue weighted by molar-refractivity contribution is 5.80. The molecule has 0 aliphatic carbocycles. The van der Waals surface area contributed by atoms with Crippen LogP contribution in [0.15, 0.2) is 53.1 Å². The Bertz CT molecular complexity index is 1080. The van der Waals surface area contributed by atoms with Crippen LogP contribution in [0, 0.1) is 19.8 Å². The summed E-state index contributed by atoms with van der Waals surface area (Å²) in [4.78, 5) is 22.5. The van der Waals surface area contributed by atoms with E-state index in [4.69, 9.17) is 4.52 Å². The van der Waals surface area contributed by atoms with E-state index in [-0.39, 0.29) is 17.4 Å². The monoisotopic (exact) mass is 446 g/mol. The molecule has 4 rings (SSSR count). The largest absolute Gasteiger partial charge is 0.371 e. The number of piperidine rings is 1. The van der Waals surface area contributed by atoms with Gasteiger partial charge in [-0.05, 0) is 59.6 Å². The van der Waals surface area contributed by atoms with Crippen molar-refractivity contribution in [1.82, 2.24) is 15.0 Å². The molecule has 6 nitrogen and oxygen atoms in total. The van der Waals surface area contributed by atoms with Gasteiger partial charge in [-0.2, -0.15) is 4.98 Å². The molecule has 0 spiro atoms. The second-order valence-electron chi connectivity index (χ2n) is 10.1. The highest BCUT2D eigenvalue weighted by Gasteiger charge is 2.35. The standard InChI is InChI=1S/C27H34N4O2/c1-19-8-12-21(13-9-19)25-28-24(33-29-25)18-31(27(3,4)5)26(32)22-7-6-16-30(17-22)23-14-10-20(2)11-15-23/h8-15,22H,6-7,16-18H2,1-5H3/t22-/m1/s1. The minimum Gasteiger partial charge on any atom is -0.371 e. The van der Waals surface area contributed by atoms with Crippen molar-refractivity contribution in [3.8, 4) is 11.4 Å². The predicted molar refractivity (Wildman–Crippen MR) is 131 cm³/mol. The van der Waals surface area contributed by atoms with Gasteiger partial charge < -0.3 is 14.3 Å². The molecule has 2 aromatic carbocycles. The SMILES string of the molecule is Cc1ccc(-c2noc(CN(C(=O)[C@@H]3CCCN(c4ccc(C)cc4)C3)C(C)(C)C)n2)cc1. The van der Waals surface area contributed by atoms with E-state index < -0.39 is 0 Å². The Labute approximate surface area is 196 Å². The average Bonchev–Trinajstić information content (AvgIpc) is 3.26. The topological polar surface area (TPSA) is 62.5 Å². The second-order valence-corrected chi connectivity index (χ2v) is 10.1. The van der Waals surface area contributed by atoms with Crippen molar-refractivity contribution >= 4 is 11.6 Å². The quantitative estimate of drug-likeness (QED) is 0.525. The fourth-order valence-electron chi connectivity index (χ4n) is 4.31. The number of carbonyl (C=O) groups excluding carboxylic acids is 1. The van der Waals surface area contributed by atoms with Gasteiger partial charge in [0.15, 0.2) is 0 Å². The van der Waals surface area contributed by atoms with Crippen LogP contribution in [0.25, 0.3) is 11.4 Å². The van der Waals surface area contributed by atoms with Crippen LogP contribution >= 0.6 is 0 Å². The highest BCUT2D eigenvalue weighted by atomic mass is 16.5. The first kappa shape index (κ1) is 23.0. The molecule has 1 amide bonds. The third-order valence-electron chi connectivity index (χ3n) is 6.32. The molecule has 2 heterocycles. The van der Waals surface area contributed by atoms with E-state index in [1.165, 1.54) is 16.8 Å². The lowest BCUT2D eigenvalue weighted by molar-refractivity contribution is -0.142. The van der Waals surface area contributed by atoms with Crippen LogP contribution in [0.4, 0.5) is 5.69 Å². The molecule has 3 aromatic rings. The molecular weight excluding hydrogens is 412 g/mol. The molecule has 6 heteroatoms. The Balaban J connectivity index is 1.50. The summed E-state index contributed by atoms with van der Waals surface area (Å²) in [7, 11) is 0. The van der Waals surface area contributed by atoms with Gasteiger partial charge in [-0.15, -0.1) is 0 Å². The van der Waals surface area contributed by atoms with Gasteiger partial charge in [-0.1, -0.05) is 52.7 Å². The Morgan fingerprint density at radius 1 is 1.06 bits per heavy atom. The van der Waals surface area contributed by atoms with Gasteiger partial charge in [-0.25, -0.2) is 0 Å². The van der Waals surface area contributed by atoms with Crippen molar-refractivity contribution < 1.29 is 9.32 Å². The number of aryl methyl sites for hydroxylation is 2. The van der Waals surface area contributed by atoms with Gasteiger partial charge in [0.05, 0.1) is 5.92 Å². The molecule has 0 bridgehead atoms. The summed E-state index contributed by atoms with van der Waals surface area (Å²) >= 11 is 0. The van der Waals surface area contributed by atoms with E-state index in [9.17, 15) is 4.79 Å². The van der Waals surface area contributed by atoms with Crippen molar-refractivity contribution in [3.05, 3.63) is 65.5 Å². The molecule has 0 saturated carbocycles. The fraction of sp³-hybridized carbons (Fsp3) is 0.444. The van der Waals surface area contributed by atoms with Crippen molar-refractivity contribution in [3.63, 3.8) is 0 Å². The zero-order valence-corrected chi connectivity index (χ0v) is 20.3. The number of rotatable bonds is 5. The molecule has 1 aromatic heterocycles. The average molecular weight is 447 g/mol. The smallest absolute Gasteiger partial charge is 0.246 e. The molecule has 1 aliphatic rings. The summed E-state index contributed by atoms with van der Waals surface area (Å²) in [6.07, 6.45) is 1.90. The maximum absolute atomic E-state index is 13.7. The number of benzene rings is 2. The van der Waals surface area contributed by atoms with E-state index in [1.807, 2.05) is 36.1 Å². The summed E-state index contributed by atoms with van der Waals surface area (Å²) < 4.78 is 5.55. The molecule has 1 fully saturated rings. The molecule has 0 radical (unpaired) electrons. The van der Waals surface area contributed by atoms with E-state index in [0.717, 1.165) is 31.5 Å². The molecule has 0 unspecified atom stereocenters. The van der Waals surface area contributed by atoms with Crippen LogP contribution in [0.1, 0.15) is 50.6 Å². The van der Waals surface area contributed by atoms with Gasteiger partial charge in [0.2, 0.25) is 17.6 Å². The first-order valence-electron chi connectivity index (χ1n) is 11.7. The van der Waals surface area contributed by atoms with Gasteiger partial charge in [0.25, 0.3) is 0 Å². The number of hydrogen-bond acceptors (Lipinski definition) is 5. The molecular formula is C27H34N4O2. The molecule has 174 valence electrons. The summed E-state index contributed by atoms with van der Waals surface area (Å²) in [6, 6.07) is 16.6. The van der Waals surface area contributed by atoms with Crippen molar-refractivity contribution in [2.45, 2.75) is 59.5 Å². The van der Waals surface area contributed by atoms with E-state index in [2.05, 4.69) is 67.0 Å². The van der Waals surface area contributed by atoms with Crippen LogP contribution in [0.2, 0.25) is 0 Å². The highest BCUT2D eigenvalue weighted by Crippen LogP contribution is 2.28. The van der Waals surface area contributed by atoms with E-state index >= 15 is 0 Å². The number of nitrogens with zero attached hydrogens (tertiary/aromatic N) is 4. The Morgan fingerprint density at radius 3 is 2.33 bits per heavy atom. The lowest BCUT2D eigenvalue weighted by Gasteiger charge is -2.40. The van der Waals surface area contributed by atoms with Crippen molar-refractivity contribution in [1.29, 1.82) is 0 Å². The minimum atomic E-state index is -0.359. The molecule has 33 heavy (non-hydrogen) atoms. The maximum atomic E-state index is 13.7. The molecule has 1 saturated heterocycles. The predicted octanol–water partition coefficient (Wildman–Crippen LogP) is 5.40. The van der Waals surface area contributed by atoms with Gasteiger partial charge in [0.1, 0.15) is 6.54 Å². The maximum Gasteiger partial charge on any atom is 0.246 e. The second kappa shape index (κ2) is 9.38. The number of aromatic nitrogens is 2.